The molecule has 90 valence electrons. The van der Waals surface area contributed by atoms with Gasteiger partial charge in [0.05, 0.1) is 5.52 Å². The topological polar surface area (TPSA) is 42.7 Å². The molecule has 1 fully saturated rings. The lowest BCUT2D eigenvalue weighted by Crippen LogP contribution is -2.15. The standard InChI is InChI=1S/C12H15BrN4/c1-8-16-12-11(4-10(13)6-15-12)17(8)7-9-2-3-14-5-9/h4,6,9,14H,2-3,5,7H2,1H3/t9-/m0/s1. The second-order valence-corrected chi connectivity index (χ2v) is 5.54. The number of aryl methyl sites for hydroxylation is 1. The largest absolute Gasteiger partial charge is 0.326 e. The van der Waals surface area contributed by atoms with Gasteiger partial charge in [0.25, 0.3) is 0 Å². The summed E-state index contributed by atoms with van der Waals surface area (Å²) in [7, 11) is 0. The molecule has 17 heavy (non-hydrogen) atoms. The van der Waals surface area contributed by atoms with E-state index in [9.17, 15) is 0 Å². The average molecular weight is 295 g/mol. The smallest absolute Gasteiger partial charge is 0.177 e. The van der Waals surface area contributed by atoms with Crippen LogP contribution in [0.25, 0.3) is 11.2 Å². The first-order valence-corrected chi connectivity index (χ1v) is 6.72. The third kappa shape index (κ3) is 2.09. The fourth-order valence-electron chi connectivity index (χ4n) is 2.45. The lowest BCUT2D eigenvalue weighted by molar-refractivity contribution is 0.482. The van der Waals surface area contributed by atoms with Gasteiger partial charge in [-0.05, 0) is 54.3 Å². The Morgan fingerprint density at radius 1 is 1.59 bits per heavy atom. The molecule has 0 spiro atoms. The molecule has 3 heterocycles. The third-order valence-electron chi connectivity index (χ3n) is 3.37. The third-order valence-corrected chi connectivity index (χ3v) is 3.80. The molecule has 0 aliphatic carbocycles. The molecule has 4 nitrogen and oxygen atoms in total. The number of nitrogens with zero attached hydrogens (tertiary/aromatic N) is 3. The normalized spacial score (nSPS) is 20.2. The first-order chi connectivity index (χ1) is 8.24. The van der Waals surface area contributed by atoms with E-state index in [-0.39, 0.29) is 0 Å². The summed E-state index contributed by atoms with van der Waals surface area (Å²) < 4.78 is 3.29. The van der Waals surface area contributed by atoms with Crippen molar-refractivity contribution >= 4 is 27.1 Å². The second kappa shape index (κ2) is 4.38. The van der Waals surface area contributed by atoms with E-state index in [1.807, 2.05) is 0 Å². The van der Waals surface area contributed by atoms with Crippen LogP contribution in [0.15, 0.2) is 16.7 Å². The number of aromatic nitrogens is 3. The molecule has 0 radical (unpaired) electrons. The first-order valence-electron chi connectivity index (χ1n) is 5.93. The molecule has 1 aliphatic rings. The monoisotopic (exact) mass is 294 g/mol. The minimum absolute atomic E-state index is 0.713. The Kier molecular flexibility index (Phi) is 2.88. The highest BCUT2D eigenvalue weighted by molar-refractivity contribution is 9.10. The highest BCUT2D eigenvalue weighted by Gasteiger charge is 2.18. The van der Waals surface area contributed by atoms with E-state index >= 15 is 0 Å². The summed E-state index contributed by atoms with van der Waals surface area (Å²) in [6.45, 7) is 5.34. The number of fused-ring (bicyclic) bond motifs is 1. The van der Waals surface area contributed by atoms with E-state index in [4.69, 9.17) is 0 Å². The van der Waals surface area contributed by atoms with E-state index in [1.54, 1.807) is 6.20 Å². The summed E-state index contributed by atoms with van der Waals surface area (Å²) in [6, 6.07) is 2.10. The zero-order valence-corrected chi connectivity index (χ0v) is 11.4. The van der Waals surface area contributed by atoms with Crippen LogP contribution >= 0.6 is 15.9 Å². The molecule has 2 aromatic rings. The van der Waals surface area contributed by atoms with Gasteiger partial charge in [0.2, 0.25) is 0 Å². The number of pyridine rings is 1. The van der Waals surface area contributed by atoms with Gasteiger partial charge < -0.3 is 9.88 Å². The van der Waals surface area contributed by atoms with Crippen LogP contribution in [0.3, 0.4) is 0 Å². The molecule has 0 aromatic carbocycles. The van der Waals surface area contributed by atoms with E-state index in [1.165, 1.54) is 6.42 Å². The number of halogens is 1. The number of nitrogens with one attached hydrogen (secondary N) is 1. The molecule has 0 bridgehead atoms. The van der Waals surface area contributed by atoms with E-state index in [0.29, 0.717) is 5.92 Å². The van der Waals surface area contributed by atoms with Crippen molar-refractivity contribution in [3.63, 3.8) is 0 Å². The molecule has 0 unspecified atom stereocenters. The molecule has 2 aromatic heterocycles. The Morgan fingerprint density at radius 2 is 2.47 bits per heavy atom. The van der Waals surface area contributed by atoms with Gasteiger partial charge in [-0.25, -0.2) is 9.97 Å². The van der Waals surface area contributed by atoms with Crippen molar-refractivity contribution in [2.75, 3.05) is 13.1 Å². The molecule has 5 heteroatoms. The van der Waals surface area contributed by atoms with Crippen molar-refractivity contribution in [2.45, 2.75) is 19.9 Å². The highest BCUT2D eigenvalue weighted by Crippen LogP contribution is 2.21. The van der Waals surface area contributed by atoms with Crippen molar-refractivity contribution in [1.29, 1.82) is 0 Å². The second-order valence-electron chi connectivity index (χ2n) is 4.62. The van der Waals surface area contributed by atoms with Crippen molar-refractivity contribution in [2.24, 2.45) is 5.92 Å². The van der Waals surface area contributed by atoms with Gasteiger partial charge in [0, 0.05) is 17.2 Å². The molecule has 1 aliphatic heterocycles. The van der Waals surface area contributed by atoms with Gasteiger partial charge in [0.1, 0.15) is 5.82 Å². The molecule has 0 saturated carbocycles. The zero-order chi connectivity index (χ0) is 11.8. The maximum absolute atomic E-state index is 4.51. The maximum atomic E-state index is 4.51. The summed E-state index contributed by atoms with van der Waals surface area (Å²) in [5.74, 6) is 1.77. The van der Waals surface area contributed by atoms with E-state index < -0.39 is 0 Å². The summed E-state index contributed by atoms with van der Waals surface area (Å²) in [5.41, 5.74) is 1.97. The average Bonchev–Trinajstić information content (AvgIpc) is 2.90. The molecule has 1 saturated heterocycles. The minimum Gasteiger partial charge on any atom is -0.326 e. The fourth-order valence-corrected chi connectivity index (χ4v) is 2.77. The predicted molar refractivity (Wildman–Crippen MR) is 70.9 cm³/mol. The number of hydrogen-bond acceptors (Lipinski definition) is 3. The Labute approximate surface area is 109 Å². The van der Waals surface area contributed by atoms with Gasteiger partial charge >= 0.3 is 0 Å². The van der Waals surface area contributed by atoms with E-state index in [2.05, 4.69) is 48.8 Å². The van der Waals surface area contributed by atoms with E-state index in [0.717, 1.165) is 41.1 Å². The van der Waals surface area contributed by atoms with Gasteiger partial charge in [-0.2, -0.15) is 0 Å². The van der Waals surface area contributed by atoms with Crippen LogP contribution in [0, 0.1) is 12.8 Å². The quantitative estimate of drug-likeness (QED) is 0.923. The number of hydrogen-bond donors (Lipinski definition) is 1. The highest BCUT2D eigenvalue weighted by atomic mass is 79.9. The van der Waals surface area contributed by atoms with Crippen LogP contribution in [-0.2, 0) is 6.54 Å². The van der Waals surface area contributed by atoms with Gasteiger partial charge in [-0.3, -0.25) is 0 Å². The Morgan fingerprint density at radius 3 is 3.24 bits per heavy atom. The Balaban J connectivity index is 2.01. The van der Waals surface area contributed by atoms with Crippen molar-refractivity contribution in [3.05, 3.63) is 22.6 Å². The van der Waals surface area contributed by atoms with Crippen LogP contribution in [-0.4, -0.2) is 27.6 Å². The van der Waals surface area contributed by atoms with Crippen molar-refractivity contribution in [3.8, 4) is 0 Å². The SMILES string of the molecule is Cc1nc2ncc(Br)cc2n1C[C@H]1CCNC1. The summed E-state index contributed by atoms with van der Waals surface area (Å²) in [4.78, 5) is 8.85. The number of imidazole rings is 1. The lowest BCUT2D eigenvalue weighted by Gasteiger charge is -2.11. The molecular formula is C12H15BrN4. The van der Waals surface area contributed by atoms with Crippen LogP contribution in [0.1, 0.15) is 12.2 Å². The lowest BCUT2D eigenvalue weighted by atomic mass is 10.1. The first kappa shape index (κ1) is 11.2. The van der Waals surface area contributed by atoms with Crippen LogP contribution in [0.5, 0.6) is 0 Å². The zero-order valence-electron chi connectivity index (χ0n) is 9.78. The predicted octanol–water partition coefficient (Wildman–Crippen LogP) is 2.11. The van der Waals surface area contributed by atoms with Crippen LogP contribution < -0.4 is 5.32 Å². The minimum atomic E-state index is 0.713. The molecular weight excluding hydrogens is 280 g/mol. The van der Waals surface area contributed by atoms with Gasteiger partial charge in [-0.1, -0.05) is 0 Å². The van der Waals surface area contributed by atoms with Crippen molar-refractivity contribution < 1.29 is 0 Å². The summed E-state index contributed by atoms with van der Waals surface area (Å²) in [6.07, 6.45) is 3.05. The molecule has 0 amide bonds. The fraction of sp³-hybridized carbons (Fsp3) is 0.500. The van der Waals surface area contributed by atoms with Crippen LogP contribution in [0.2, 0.25) is 0 Å². The molecule has 1 atom stereocenters. The summed E-state index contributed by atoms with van der Waals surface area (Å²) >= 11 is 3.47. The van der Waals surface area contributed by atoms with Crippen LogP contribution in [0.4, 0.5) is 0 Å². The Bertz CT molecular complexity index is 543. The molecule has 1 N–H and O–H groups in total. The Hall–Kier alpha value is -0.940. The number of rotatable bonds is 2. The van der Waals surface area contributed by atoms with Crippen molar-refractivity contribution in [1.82, 2.24) is 19.9 Å². The molecule has 3 rings (SSSR count). The van der Waals surface area contributed by atoms with Gasteiger partial charge in [0.15, 0.2) is 5.65 Å². The van der Waals surface area contributed by atoms with Gasteiger partial charge in [-0.15, -0.1) is 0 Å². The maximum Gasteiger partial charge on any atom is 0.177 e. The summed E-state index contributed by atoms with van der Waals surface area (Å²) in [5, 5.41) is 3.41.